The number of carbonyl (C=O) groups is 1. The minimum Gasteiger partial charge on any atom is -0.493 e. The first-order valence-corrected chi connectivity index (χ1v) is 10.2. The lowest BCUT2D eigenvalue weighted by Crippen LogP contribution is -2.53. The molecule has 0 unspecified atom stereocenters. The van der Waals surface area contributed by atoms with Crippen LogP contribution < -0.4 is 10.5 Å². The number of sulfone groups is 1. The van der Waals surface area contributed by atoms with E-state index in [1.165, 1.54) is 12.1 Å². The van der Waals surface area contributed by atoms with Crippen LogP contribution in [0.4, 0.5) is 0 Å². The average molecular weight is 390 g/mol. The molecule has 0 bridgehead atoms. The number of ether oxygens (including phenoxy) is 2. The van der Waals surface area contributed by atoms with Gasteiger partial charge in [0, 0.05) is 32.0 Å². The number of amides is 1. The van der Waals surface area contributed by atoms with E-state index in [9.17, 15) is 13.2 Å². The number of nitrogens with zero attached hydrogens (tertiary/aromatic N) is 1. The van der Waals surface area contributed by atoms with Gasteiger partial charge in [-0.15, -0.1) is 0 Å². The largest absolute Gasteiger partial charge is 0.493 e. The van der Waals surface area contributed by atoms with Crippen molar-refractivity contribution in [3.05, 3.63) is 54.4 Å². The van der Waals surface area contributed by atoms with E-state index in [0.717, 1.165) is 5.56 Å². The van der Waals surface area contributed by atoms with Crippen molar-refractivity contribution in [2.24, 2.45) is 5.73 Å². The molecule has 1 aliphatic heterocycles. The summed E-state index contributed by atoms with van der Waals surface area (Å²) in [7, 11) is -3.92. The van der Waals surface area contributed by atoms with E-state index < -0.39 is 20.5 Å². The van der Waals surface area contributed by atoms with Gasteiger partial charge in [0.2, 0.25) is 5.91 Å². The quantitative estimate of drug-likeness (QED) is 0.768. The van der Waals surface area contributed by atoms with Gasteiger partial charge in [-0.2, -0.15) is 0 Å². The van der Waals surface area contributed by atoms with Crippen molar-refractivity contribution in [2.45, 2.75) is 28.9 Å². The normalized spacial score (nSPS) is 16.6. The Morgan fingerprint density at radius 2 is 1.89 bits per heavy atom. The van der Waals surface area contributed by atoms with Crippen LogP contribution in [0.5, 0.6) is 5.75 Å². The first kappa shape index (κ1) is 19.3. The molecule has 0 saturated carbocycles. The van der Waals surface area contributed by atoms with Crippen LogP contribution in [0.25, 0.3) is 0 Å². The SMILES string of the molecule is NC(=O)C1(S(=O)(=O)c2ccc(OCCc3cccnc3)cc2)CCOCC1. The van der Waals surface area contributed by atoms with Gasteiger partial charge < -0.3 is 15.2 Å². The lowest BCUT2D eigenvalue weighted by molar-refractivity contribution is -0.122. The van der Waals surface area contributed by atoms with Gasteiger partial charge in [-0.05, 0) is 48.7 Å². The first-order valence-electron chi connectivity index (χ1n) is 8.70. The van der Waals surface area contributed by atoms with Crippen LogP contribution in [0.3, 0.4) is 0 Å². The Morgan fingerprint density at radius 1 is 1.19 bits per heavy atom. The number of nitrogens with two attached hydrogens (primary N) is 1. The molecular formula is C19H22N2O5S. The van der Waals surface area contributed by atoms with Gasteiger partial charge in [-0.3, -0.25) is 9.78 Å². The maximum absolute atomic E-state index is 13.1. The monoisotopic (exact) mass is 390 g/mol. The van der Waals surface area contributed by atoms with E-state index in [-0.39, 0.29) is 31.0 Å². The predicted octanol–water partition coefficient (Wildman–Crippen LogP) is 1.51. The highest BCUT2D eigenvalue weighted by molar-refractivity contribution is 7.93. The van der Waals surface area contributed by atoms with Gasteiger partial charge in [0.15, 0.2) is 14.6 Å². The summed E-state index contributed by atoms with van der Waals surface area (Å²) in [4.78, 5) is 16.1. The van der Waals surface area contributed by atoms with E-state index in [1.807, 2.05) is 12.1 Å². The summed E-state index contributed by atoms with van der Waals surface area (Å²) in [6.45, 7) is 0.829. The fraction of sp³-hybridized carbons (Fsp3) is 0.368. The number of hydrogen-bond donors (Lipinski definition) is 1. The van der Waals surface area contributed by atoms with Gasteiger partial charge >= 0.3 is 0 Å². The number of primary amides is 1. The Labute approximate surface area is 158 Å². The molecule has 1 aromatic heterocycles. The molecule has 1 aromatic carbocycles. The molecule has 0 aliphatic carbocycles. The van der Waals surface area contributed by atoms with Crippen LogP contribution in [-0.4, -0.2) is 43.9 Å². The van der Waals surface area contributed by atoms with Gasteiger partial charge in [0.05, 0.1) is 11.5 Å². The molecule has 0 atom stereocenters. The highest BCUT2D eigenvalue weighted by Crippen LogP contribution is 2.35. The molecule has 144 valence electrons. The number of pyridine rings is 1. The summed E-state index contributed by atoms with van der Waals surface area (Å²) in [5.74, 6) is -0.277. The molecule has 2 heterocycles. The van der Waals surface area contributed by atoms with E-state index in [0.29, 0.717) is 18.8 Å². The molecule has 1 saturated heterocycles. The van der Waals surface area contributed by atoms with E-state index in [1.54, 1.807) is 24.5 Å². The number of hydrogen-bond acceptors (Lipinski definition) is 6. The molecule has 0 spiro atoms. The van der Waals surface area contributed by atoms with Gasteiger partial charge in [-0.1, -0.05) is 6.07 Å². The van der Waals surface area contributed by atoms with Gasteiger partial charge in [0.25, 0.3) is 0 Å². The molecule has 1 amide bonds. The Hall–Kier alpha value is -2.45. The minimum absolute atomic E-state index is 0.0582. The van der Waals surface area contributed by atoms with Crippen LogP contribution in [-0.2, 0) is 25.8 Å². The number of aromatic nitrogens is 1. The summed E-state index contributed by atoms with van der Waals surface area (Å²) in [5.41, 5.74) is 6.53. The van der Waals surface area contributed by atoms with Crippen LogP contribution in [0.1, 0.15) is 18.4 Å². The van der Waals surface area contributed by atoms with Gasteiger partial charge in [-0.25, -0.2) is 8.42 Å². The Bertz CT molecular complexity index is 876. The maximum atomic E-state index is 13.1. The molecule has 3 rings (SSSR count). The van der Waals surface area contributed by atoms with Crippen LogP contribution >= 0.6 is 0 Å². The van der Waals surface area contributed by atoms with Crippen LogP contribution in [0.2, 0.25) is 0 Å². The summed E-state index contributed by atoms with van der Waals surface area (Å²) >= 11 is 0. The number of benzene rings is 1. The number of carbonyl (C=O) groups excluding carboxylic acids is 1. The van der Waals surface area contributed by atoms with Crippen LogP contribution in [0, 0.1) is 0 Å². The second-order valence-electron chi connectivity index (χ2n) is 6.41. The highest BCUT2D eigenvalue weighted by atomic mass is 32.2. The molecule has 2 N–H and O–H groups in total. The maximum Gasteiger partial charge on any atom is 0.239 e. The summed E-state index contributed by atoms with van der Waals surface area (Å²) < 4.78 is 35.4. The van der Waals surface area contributed by atoms with E-state index >= 15 is 0 Å². The molecule has 0 radical (unpaired) electrons. The van der Waals surface area contributed by atoms with Crippen molar-refractivity contribution in [2.75, 3.05) is 19.8 Å². The van der Waals surface area contributed by atoms with Crippen molar-refractivity contribution >= 4 is 15.7 Å². The van der Waals surface area contributed by atoms with Crippen molar-refractivity contribution in [3.8, 4) is 5.75 Å². The van der Waals surface area contributed by atoms with Gasteiger partial charge in [0.1, 0.15) is 5.75 Å². The fourth-order valence-corrected chi connectivity index (χ4v) is 5.04. The Morgan fingerprint density at radius 3 is 2.48 bits per heavy atom. The second kappa shape index (κ2) is 8.06. The third-order valence-corrected chi connectivity index (χ3v) is 7.31. The Balaban J connectivity index is 1.71. The topological polar surface area (TPSA) is 109 Å². The van der Waals surface area contributed by atoms with E-state index in [4.69, 9.17) is 15.2 Å². The smallest absolute Gasteiger partial charge is 0.239 e. The lowest BCUT2D eigenvalue weighted by atomic mass is 9.98. The minimum atomic E-state index is -3.92. The molecule has 7 nitrogen and oxygen atoms in total. The lowest BCUT2D eigenvalue weighted by Gasteiger charge is -2.33. The van der Waals surface area contributed by atoms with Crippen molar-refractivity contribution in [1.82, 2.24) is 4.98 Å². The van der Waals surface area contributed by atoms with E-state index in [2.05, 4.69) is 4.98 Å². The number of rotatable bonds is 7. The standard InChI is InChI=1S/C19H22N2O5S/c20-18(22)19(8-12-25-13-9-19)27(23,24)17-5-3-16(4-6-17)26-11-7-15-2-1-10-21-14-15/h1-6,10,14H,7-9,11-13H2,(H2,20,22). The third kappa shape index (κ3) is 3.96. The second-order valence-corrected chi connectivity index (χ2v) is 8.67. The van der Waals surface area contributed by atoms with Crippen molar-refractivity contribution < 1.29 is 22.7 Å². The third-order valence-electron chi connectivity index (χ3n) is 4.78. The predicted molar refractivity (Wildman–Crippen MR) is 99.0 cm³/mol. The Kier molecular flexibility index (Phi) is 5.76. The summed E-state index contributed by atoms with van der Waals surface area (Å²) in [5, 5.41) is 0. The highest BCUT2D eigenvalue weighted by Gasteiger charge is 2.51. The molecule has 1 fully saturated rings. The summed E-state index contributed by atoms with van der Waals surface area (Å²) in [6.07, 6.45) is 4.30. The van der Waals surface area contributed by atoms with Crippen LogP contribution in [0.15, 0.2) is 53.7 Å². The zero-order chi connectivity index (χ0) is 19.3. The fourth-order valence-electron chi connectivity index (χ4n) is 3.12. The molecule has 27 heavy (non-hydrogen) atoms. The molecular weight excluding hydrogens is 368 g/mol. The zero-order valence-electron chi connectivity index (χ0n) is 14.8. The molecule has 1 aliphatic rings. The molecule has 8 heteroatoms. The molecule has 2 aromatic rings. The van der Waals surface area contributed by atoms with Crippen molar-refractivity contribution in [1.29, 1.82) is 0 Å². The summed E-state index contributed by atoms with van der Waals surface area (Å²) in [6, 6.07) is 9.90. The average Bonchev–Trinajstić information content (AvgIpc) is 2.69. The van der Waals surface area contributed by atoms with Crippen molar-refractivity contribution in [3.63, 3.8) is 0 Å². The zero-order valence-corrected chi connectivity index (χ0v) is 15.7. The first-order chi connectivity index (χ1) is 13.0.